The third-order valence-corrected chi connectivity index (χ3v) is 3.52. The van der Waals surface area contributed by atoms with Crippen molar-refractivity contribution in [1.29, 1.82) is 0 Å². The van der Waals surface area contributed by atoms with Crippen molar-refractivity contribution in [3.8, 4) is 5.75 Å². The van der Waals surface area contributed by atoms with Crippen LogP contribution < -0.4 is 10.1 Å². The summed E-state index contributed by atoms with van der Waals surface area (Å²) in [5.74, 6) is 0.960. The smallest absolute Gasteiger partial charge is 0.253 e. The monoisotopic (exact) mass is 312 g/mol. The van der Waals surface area contributed by atoms with Gasteiger partial charge in [0, 0.05) is 31.7 Å². The molecule has 0 spiro atoms. The minimum Gasteiger partial charge on any atom is -0.494 e. The summed E-state index contributed by atoms with van der Waals surface area (Å²) in [7, 11) is 0. The second-order valence-corrected chi connectivity index (χ2v) is 5.12. The first-order chi connectivity index (χ1) is 9.81. The van der Waals surface area contributed by atoms with Crippen LogP contribution >= 0.6 is 12.4 Å². The Balaban J connectivity index is 0.00000220. The molecule has 2 rings (SSSR count). The van der Waals surface area contributed by atoms with Crippen LogP contribution in [0.5, 0.6) is 5.75 Å². The molecule has 118 valence electrons. The van der Waals surface area contributed by atoms with Gasteiger partial charge >= 0.3 is 0 Å². The highest BCUT2D eigenvalue weighted by atomic mass is 35.5. The van der Waals surface area contributed by atoms with Gasteiger partial charge in [-0.3, -0.25) is 4.79 Å². The number of benzene rings is 1. The van der Waals surface area contributed by atoms with E-state index in [1.165, 1.54) is 12.8 Å². The molecule has 21 heavy (non-hydrogen) atoms. The molecular weight excluding hydrogens is 288 g/mol. The molecule has 0 unspecified atom stereocenters. The maximum Gasteiger partial charge on any atom is 0.253 e. The number of unbranched alkanes of at least 4 members (excludes halogenated alkanes) is 2. The van der Waals surface area contributed by atoms with Crippen molar-refractivity contribution >= 4 is 18.3 Å². The third kappa shape index (κ3) is 5.56. The molecule has 1 aromatic rings. The average molecular weight is 313 g/mol. The van der Waals surface area contributed by atoms with Gasteiger partial charge in [-0.1, -0.05) is 19.8 Å². The van der Waals surface area contributed by atoms with Gasteiger partial charge < -0.3 is 15.0 Å². The predicted molar refractivity (Wildman–Crippen MR) is 87.5 cm³/mol. The SMILES string of the molecule is CCCCCOc1ccc(C(=O)N2CCNCC2)cc1.Cl. The lowest BCUT2D eigenvalue weighted by atomic mass is 10.2. The highest BCUT2D eigenvalue weighted by molar-refractivity contribution is 5.94. The highest BCUT2D eigenvalue weighted by Gasteiger charge is 2.17. The van der Waals surface area contributed by atoms with Crippen LogP contribution in [0.2, 0.25) is 0 Å². The molecule has 0 atom stereocenters. The average Bonchev–Trinajstić information content (AvgIpc) is 2.52. The minimum absolute atomic E-state index is 0. The molecule has 0 aliphatic carbocycles. The van der Waals surface area contributed by atoms with E-state index in [4.69, 9.17) is 4.74 Å². The molecule has 1 fully saturated rings. The molecule has 1 heterocycles. The van der Waals surface area contributed by atoms with E-state index >= 15 is 0 Å². The largest absolute Gasteiger partial charge is 0.494 e. The summed E-state index contributed by atoms with van der Waals surface area (Å²) in [6.07, 6.45) is 3.47. The maximum absolute atomic E-state index is 12.3. The van der Waals surface area contributed by atoms with Gasteiger partial charge in [-0.2, -0.15) is 0 Å². The Morgan fingerprint density at radius 3 is 2.48 bits per heavy atom. The number of amides is 1. The van der Waals surface area contributed by atoms with Crippen LogP contribution in [-0.2, 0) is 0 Å². The maximum atomic E-state index is 12.3. The summed E-state index contributed by atoms with van der Waals surface area (Å²) < 4.78 is 5.65. The number of halogens is 1. The van der Waals surface area contributed by atoms with Crippen molar-refractivity contribution in [2.75, 3.05) is 32.8 Å². The van der Waals surface area contributed by atoms with Gasteiger partial charge in [0.2, 0.25) is 0 Å². The lowest BCUT2D eigenvalue weighted by Crippen LogP contribution is -2.46. The lowest BCUT2D eigenvalue weighted by Gasteiger charge is -2.27. The van der Waals surface area contributed by atoms with E-state index in [0.29, 0.717) is 0 Å². The zero-order valence-corrected chi connectivity index (χ0v) is 13.5. The molecule has 4 nitrogen and oxygen atoms in total. The van der Waals surface area contributed by atoms with Crippen LogP contribution in [0.15, 0.2) is 24.3 Å². The molecule has 0 aromatic heterocycles. The number of nitrogens with one attached hydrogen (secondary N) is 1. The van der Waals surface area contributed by atoms with Gasteiger partial charge in [0.05, 0.1) is 6.61 Å². The summed E-state index contributed by atoms with van der Waals surface area (Å²) in [4.78, 5) is 14.2. The topological polar surface area (TPSA) is 41.6 Å². The lowest BCUT2D eigenvalue weighted by molar-refractivity contribution is 0.0736. The summed E-state index contributed by atoms with van der Waals surface area (Å²) in [6, 6.07) is 7.50. The van der Waals surface area contributed by atoms with E-state index in [1.807, 2.05) is 29.2 Å². The van der Waals surface area contributed by atoms with Gasteiger partial charge in [0.15, 0.2) is 0 Å². The number of rotatable bonds is 6. The fourth-order valence-corrected chi connectivity index (χ4v) is 2.29. The van der Waals surface area contributed by atoms with Crippen LogP contribution in [0.3, 0.4) is 0 Å². The standard InChI is InChI=1S/C16H24N2O2.ClH/c1-2-3-4-13-20-15-7-5-14(6-8-15)16(19)18-11-9-17-10-12-18;/h5-8,17H,2-4,9-13H2,1H3;1H. The first-order valence-electron chi connectivity index (χ1n) is 7.54. The Labute approximate surface area is 133 Å². The molecule has 0 bridgehead atoms. The summed E-state index contributed by atoms with van der Waals surface area (Å²) >= 11 is 0. The number of hydrogen-bond acceptors (Lipinski definition) is 3. The third-order valence-electron chi connectivity index (χ3n) is 3.52. The normalized spacial score (nSPS) is 14.4. The Kier molecular flexibility index (Phi) is 8.16. The Hall–Kier alpha value is -1.26. The van der Waals surface area contributed by atoms with Gasteiger partial charge in [-0.25, -0.2) is 0 Å². The highest BCUT2D eigenvalue weighted by Crippen LogP contribution is 2.14. The fraction of sp³-hybridized carbons (Fsp3) is 0.562. The number of carbonyl (C=O) groups is 1. The first kappa shape index (κ1) is 17.8. The molecule has 5 heteroatoms. The van der Waals surface area contributed by atoms with E-state index in [0.717, 1.165) is 50.5 Å². The quantitative estimate of drug-likeness (QED) is 0.821. The van der Waals surface area contributed by atoms with Gasteiger partial charge in [0.1, 0.15) is 5.75 Å². The summed E-state index contributed by atoms with van der Waals surface area (Å²) in [6.45, 7) is 6.26. The Bertz CT molecular complexity index is 417. The van der Waals surface area contributed by atoms with Crippen LogP contribution in [-0.4, -0.2) is 43.6 Å². The Morgan fingerprint density at radius 1 is 1.19 bits per heavy atom. The molecule has 0 saturated carbocycles. The van der Waals surface area contributed by atoms with Crippen molar-refractivity contribution < 1.29 is 9.53 Å². The molecule has 1 aliphatic rings. The fourth-order valence-electron chi connectivity index (χ4n) is 2.29. The number of nitrogens with zero attached hydrogens (tertiary/aromatic N) is 1. The summed E-state index contributed by atoms with van der Waals surface area (Å²) in [5.41, 5.74) is 0.743. The second-order valence-electron chi connectivity index (χ2n) is 5.12. The predicted octanol–water partition coefficient (Wildman–Crippen LogP) is 2.72. The van der Waals surface area contributed by atoms with Gasteiger partial charge in [0.25, 0.3) is 5.91 Å². The number of carbonyl (C=O) groups excluding carboxylic acids is 1. The number of piperazine rings is 1. The van der Waals surface area contributed by atoms with Gasteiger partial charge in [-0.05, 0) is 30.7 Å². The van der Waals surface area contributed by atoms with E-state index < -0.39 is 0 Å². The molecule has 1 saturated heterocycles. The van der Waals surface area contributed by atoms with Crippen LogP contribution in [0.25, 0.3) is 0 Å². The van der Waals surface area contributed by atoms with E-state index in [1.54, 1.807) is 0 Å². The van der Waals surface area contributed by atoms with Crippen molar-refractivity contribution in [2.45, 2.75) is 26.2 Å². The molecule has 1 N–H and O–H groups in total. The molecule has 1 aromatic carbocycles. The minimum atomic E-state index is 0. The molecule has 1 amide bonds. The van der Waals surface area contributed by atoms with Crippen LogP contribution in [0, 0.1) is 0 Å². The van der Waals surface area contributed by atoms with Crippen molar-refractivity contribution in [2.24, 2.45) is 0 Å². The number of hydrogen-bond donors (Lipinski definition) is 1. The molecular formula is C16H25ClN2O2. The van der Waals surface area contributed by atoms with Crippen LogP contribution in [0.1, 0.15) is 36.5 Å². The second kappa shape index (κ2) is 9.64. The zero-order valence-electron chi connectivity index (χ0n) is 12.6. The van der Waals surface area contributed by atoms with Crippen molar-refractivity contribution in [3.63, 3.8) is 0 Å². The van der Waals surface area contributed by atoms with E-state index in [-0.39, 0.29) is 18.3 Å². The van der Waals surface area contributed by atoms with Crippen molar-refractivity contribution in [3.05, 3.63) is 29.8 Å². The molecule has 1 aliphatic heterocycles. The molecule has 0 radical (unpaired) electrons. The van der Waals surface area contributed by atoms with Crippen LogP contribution in [0.4, 0.5) is 0 Å². The number of ether oxygens (including phenoxy) is 1. The summed E-state index contributed by atoms with van der Waals surface area (Å²) in [5, 5.41) is 3.25. The van der Waals surface area contributed by atoms with E-state index in [2.05, 4.69) is 12.2 Å². The van der Waals surface area contributed by atoms with Gasteiger partial charge in [-0.15, -0.1) is 12.4 Å². The van der Waals surface area contributed by atoms with Crippen molar-refractivity contribution in [1.82, 2.24) is 10.2 Å². The van der Waals surface area contributed by atoms with E-state index in [9.17, 15) is 4.79 Å². The first-order valence-corrected chi connectivity index (χ1v) is 7.54. The zero-order chi connectivity index (χ0) is 14.2. The Morgan fingerprint density at radius 2 is 1.86 bits per heavy atom.